The Labute approximate surface area is 78.0 Å². The third-order valence-electron chi connectivity index (χ3n) is 0. The zero-order chi connectivity index (χ0) is 0. The smallest absolute Gasteiger partial charge is 1.00 e. The van der Waals surface area contributed by atoms with Crippen LogP contribution in [0, 0.1) is 0 Å². The summed E-state index contributed by atoms with van der Waals surface area (Å²) in [5.74, 6) is 0. The van der Waals surface area contributed by atoms with Crippen LogP contribution in [-0.4, -0.2) is 43.2 Å². The molecule has 0 fully saturated rings. The minimum atomic E-state index is 0. The molecule has 0 heterocycles. The number of rotatable bonds is 0. The Balaban J connectivity index is 0. The summed E-state index contributed by atoms with van der Waals surface area (Å²) >= 11 is 0. The van der Waals surface area contributed by atoms with Crippen LogP contribution >= 0.6 is 13.5 Å². The molecular weight excluding hydrogens is 154 g/mol. The third-order valence-corrected chi connectivity index (χ3v) is 0. The van der Waals surface area contributed by atoms with Crippen molar-refractivity contribution in [2.24, 2.45) is 0 Å². The molecule has 0 unspecified atom stereocenters. The number of hydrogen-bond acceptors (Lipinski definition) is 0. The van der Waals surface area contributed by atoms with E-state index >= 15 is 0 Å². The Morgan fingerprint density at radius 2 is 1.25 bits per heavy atom. The number of hydrogen-bond donors (Lipinski definition) is 0. The summed E-state index contributed by atoms with van der Waals surface area (Å²) in [5.41, 5.74) is 0. The molecule has 0 aliphatic rings. The second-order valence-electron chi connectivity index (χ2n) is 0. The average Bonchev–Trinajstić information content (AvgIpc) is 0. The van der Waals surface area contributed by atoms with Gasteiger partial charge in [-0.15, -0.1) is 0 Å². The van der Waals surface area contributed by atoms with Crippen LogP contribution < -0.4 is 0 Å². The van der Waals surface area contributed by atoms with Crippen molar-refractivity contribution in [3.63, 3.8) is 0 Å². The fourth-order valence-corrected chi connectivity index (χ4v) is 0. The first-order valence-electron chi connectivity index (χ1n) is 0. The summed E-state index contributed by atoms with van der Waals surface area (Å²) in [6, 6.07) is 0. The van der Waals surface area contributed by atoms with Gasteiger partial charge < -0.3 is 8.33 Å². The van der Waals surface area contributed by atoms with E-state index in [1.807, 2.05) is 0 Å². The average molecular weight is 160 g/mol. The van der Waals surface area contributed by atoms with E-state index in [0.29, 0.717) is 0 Å². The molecule has 0 spiro atoms. The largest absolute Gasteiger partial charge is 2.00 e. The molecule has 0 aliphatic carbocycles. The molecule has 0 amide bonds. The van der Waals surface area contributed by atoms with Crippen molar-refractivity contribution in [1.82, 2.24) is 0 Å². The molecule has 4 heavy (non-hydrogen) atoms. The van der Waals surface area contributed by atoms with E-state index in [1.54, 1.807) is 0 Å². The molecule has 0 atom stereocenters. The fourth-order valence-electron chi connectivity index (χ4n) is 0. The third kappa shape index (κ3) is 8.89. The van der Waals surface area contributed by atoms with Crippen molar-refractivity contribution >= 4 is 51.2 Å². The van der Waals surface area contributed by atoms with Gasteiger partial charge in [0.25, 0.3) is 0 Å². The molecule has 0 aromatic carbocycles. The van der Waals surface area contributed by atoms with Gasteiger partial charge in [-0.2, -0.15) is 13.5 Å². The van der Waals surface area contributed by atoms with E-state index in [-0.39, 0.29) is 79.0 Å². The van der Waals surface area contributed by atoms with Crippen molar-refractivity contribution < 1.29 is 27.8 Å². The van der Waals surface area contributed by atoms with Gasteiger partial charge in [0.15, 0.2) is 0 Å². The predicted octanol–water partition coefficient (Wildman–Crippen LogP) is -0.870. The molecule has 0 aliphatic heterocycles. The molecule has 0 aromatic rings. The Hall–Kier alpha value is 2.19. The maximum Gasteiger partial charge on any atom is 2.00 e. The van der Waals surface area contributed by atoms with Crippen molar-refractivity contribution in [3.8, 4) is 0 Å². The van der Waals surface area contributed by atoms with E-state index in [4.69, 9.17) is 0 Å². The van der Waals surface area contributed by atoms with E-state index in [9.17, 15) is 0 Å². The van der Waals surface area contributed by atoms with Gasteiger partial charge in [0, 0.05) is 19.5 Å². The minimum Gasteiger partial charge on any atom is -1.00 e. The van der Waals surface area contributed by atoms with Crippen LogP contribution in [-0.2, 0) is 19.5 Å². The molecule has 22 valence electrons. The van der Waals surface area contributed by atoms with Crippen molar-refractivity contribution in [2.45, 2.75) is 0 Å². The van der Waals surface area contributed by atoms with Gasteiger partial charge in [-0.25, -0.2) is 0 Å². The normalized spacial score (nSPS) is 0. The molecule has 4 heteroatoms. The van der Waals surface area contributed by atoms with Crippen molar-refractivity contribution in [3.05, 3.63) is 0 Å². The molecule has 0 saturated heterocycles. The molecule has 0 saturated carbocycles. The predicted molar refractivity (Wildman–Crippen MR) is 22.0 cm³/mol. The van der Waals surface area contributed by atoms with E-state index in [2.05, 4.69) is 0 Å². The standard InChI is InChI=1S/Ca.H2O.H2S.Zn.2H/h;2*1H2;;;/q+2;;;;2*-1. The summed E-state index contributed by atoms with van der Waals surface area (Å²) in [6.07, 6.45) is 0. The van der Waals surface area contributed by atoms with E-state index in [0.717, 1.165) is 0 Å². The topological polar surface area (TPSA) is 31.5 Å². The first-order valence-corrected chi connectivity index (χ1v) is 0. The Kier molecular flexibility index (Phi) is 165. The van der Waals surface area contributed by atoms with Crippen LogP contribution in [0.1, 0.15) is 2.85 Å². The van der Waals surface area contributed by atoms with Gasteiger partial charge in [-0.05, 0) is 0 Å². The van der Waals surface area contributed by atoms with Crippen LogP contribution in [0.15, 0.2) is 0 Å². The summed E-state index contributed by atoms with van der Waals surface area (Å²) < 4.78 is 0. The first-order chi connectivity index (χ1) is 0. The monoisotopic (exact) mass is 158 g/mol. The van der Waals surface area contributed by atoms with Crippen molar-refractivity contribution in [2.75, 3.05) is 0 Å². The van der Waals surface area contributed by atoms with Gasteiger partial charge >= 0.3 is 37.7 Å². The molecule has 0 radical (unpaired) electrons. The van der Waals surface area contributed by atoms with Crippen LogP contribution in [0.2, 0.25) is 0 Å². The maximum atomic E-state index is 0. The van der Waals surface area contributed by atoms with Gasteiger partial charge in [0.05, 0.1) is 0 Å². The molecule has 2 N–H and O–H groups in total. The molecular formula is H6CaOSZn. The second-order valence-corrected chi connectivity index (χ2v) is 0. The van der Waals surface area contributed by atoms with Crippen LogP contribution in [0.3, 0.4) is 0 Å². The minimum absolute atomic E-state index is 0. The summed E-state index contributed by atoms with van der Waals surface area (Å²) in [7, 11) is 0. The second kappa shape index (κ2) is 19.0. The molecule has 1 nitrogen and oxygen atoms in total. The van der Waals surface area contributed by atoms with E-state index in [1.165, 1.54) is 0 Å². The maximum absolute atomic E-state index is 0. The van der Waals surface area contributed by atoms with Crippen LogP contribution in [0.5, 0.6) is 0 Å². The van der Waals surface area contributed by atoms with Crippen LogP contribution in [0.25, 0.3) is 0 Å². The summed E-state index contributed by atoms with van der Waals surface area (Å²) in [5, 5.41) is 0. The SMILES string of the molecule is O.S.[Ca+2].[H-].[H-].[Zn]. The Bertz CT molecular complexity index is 13.5. The van der Waals surface area contributed by atoms with Crippen molar-refractivity contribution in [1.29, 1.82) is 0 Å². The quantitative estimate of drug-likeness (QED) is 0.412. The fraction of sp³-hybridized carbons (Fsp3) is 0. The molecule has 0 aromatic heterocycles. The van der Waals surface area contributed by atoms with Gasteiger partial charge in [-0.1, -0.05) is 0 Å². The van der Waals surface area contributed by atoms with Crippen LogP contribution in [0.4, 0.5) is 0 Å². The van der Waals surface area contributed by atoms with Gasteiger partial charge in [0.1, 0.15) is 0 Å². The first kappa shape index (κ1) is 34.7. The summed E-state index contributed by atoms with van der Waals surface area (Å²) in [6.45, 7) is 0. The Morgan fingerprint density at radius 3 is 1.25 bits per heavy atom. The molecule has 0 bridgehead atoms. The zero-order valence-corrected chi connectivity index (χ0v) is 8.59. The zero-order valence-electron chi connectivity index (χ0n) is 4.41. The summed E-state index contributed by atoms with van der Waals surface area (Å²) in [4.78, 5) is 0. The Morgan fingerprint density at radius 1 is 1.25 bits per heavy atom. The molecule has 0 rings (SSSR count). The van der Waals surface area contributed by atoms with Gasteiger partial charge in [-0.3, -0.25) is 0 Å². The van der Waals surface area contributed by atoms with E-state index < -0.39 is 0 Å². The van der Waals surface area contributed by atoms with Gasteiger partial charge in [0.2, 0.25) is 0 Å².